The monoisotopic (exact) mass is 408 g/mol. The van der Waals surface area contributed by atoms with Crippen LogP contribution in [0.25, 0.3) is 0 Å². The molecule has 0 spiro atoms. The van der Waals surface area contributed by atoms with E-state index < -0.39 is 5.69 Å². The van der Waals surface area contributed by atoms with Crippen molar-refractivity contribution in [2.45, 2.75) is 31.7 Å². The van der Waals surface area contributed by atoms with Crippen molar-refractivity contribution in [3.8, 4) is 5.75 Å². The summed E-state index contributed by atoms with van der Waals surface area (Å²) in [6, 6.07) is 9.49. The van der Waals surface area contributed by atoms with Crippen molar-refractivity contribution in [2.24, 2.45) is 0 Å². The quantitative estimate of drug-likeness (QED) is 0.621. The normalized spacial score (nSPS) is 16.4. The van der Waals surface area contributed by atoms with Gasteiger partial charge in [-0.05, 0) is 36.6 Å². The first-order valence-electron chi connectivity index (χ1n) is 9.99. The van der Waals surface area contributed by atoms with Gasteiger partial charge in [0, 0.05) is 31.9 Å². The number of likely N-dealkylation sites (tertiary alicyclic amines) is 1. The first-order valence-corrected chi connectivity index (χ1v) is 9.99. The number of oxazole rings is 1. The zero-order valence-electron chi connectivity index (χ0n) is 16.9. The highest BCUT2D eigenvalue weighted by Crippen LogP contribution is 2.27. The zero-order chi connectivity index (χ0) is 20.9. The molecule has 1 saturated heterocycles. The minimum atomic E-state index is -0.422. The smallest absolute Gasteiger partial charge is 0.347 e. The summed E-state index contributed by atoms with van der Waals surface area (Å²) in [5.41, 5.74) is 0.661. The lowest BCUT2D eigenvalue weighted by atomic mass is 9.98. The van der Waals surface area contributed by atoms with Gasteiger partial charge in [0.1, 0.15) is 18.1 Å². The third kappa shape index (κ3) is 4.59. The minimum absolute atomic E-state index is 0.00787. The van der Waals surface area contributed by atoms with E-state index in [1.807, 2.05) is 24.3 Å². The van der Waals surface area contributed by atoms with Crippen molar-refractivity contribution >= 4 is 5.91 Å². The Morgan fingerprint density at radius 3 is 3.03 bits per heavy atom. The molecule has 1 amide bonds. The number of aromatic nitrogens is 3. The molecule has 8 heteroatoms. The highest BCUT2D eigenvalue weighted by Gasteiger charge is 2.28. The Kier molecular flexibility index (Phi) is 5.92. The van der Waals surface area contributed by atoms with E-state index in [4.69, 9.17) is 9.15 Å². The lowest BCUT2D eigenvalue weighted by molar-refractivity contribution is -0.133. The zero-order valence-corrected chi connectivity index (χ0v) is 16.9. The maximum absolute atomic E-state index is 12.7. The maximum Gasteiger partial charge on any atom is 0.347 e. The van der Waals surface area contributed by atoms with E-state index in [9.17, 15) is 9.59 Å². The summed E-state index contributed by atoms with van der Waals surface area (Å²) >= 11 is 0. The SMILES string of the molecule is COc1cccc(Cc2cnc([C@@H]3CCCN(C(=O)Cn4cccnc4=O)C3)o2)c1. The molecule has 0 radical (unpaired) electrons. The Morgan fingerprint density at radius 2 is 2.20 bits per heavy atom. The van der Waals surface area contributed by atoms with Gasteiger partial charge in [0.25, 0.3) is 0 Å². The number of ether oxygens (including phenoxy) is 1. The van der Waals surface area contributed by atoms with Crippen molar-refractivity contribution in [1.29, 1.82) is 0 Å². The highest BCUT2D eigenvalue weighted by molar-refractivity contribution is 5.76. The number of hydrogen-bond acceptors (Lipinski definition) is 6. The molecule has 1 aliphatic heterocycles. The number of nitrogens with zero attached hydrogens (tertiary/aromatic N) is 4. The van der Waals surface area contributed by atoms with Gasteiger partial charge in [-0.2, -0.15) is 0 Å². The average molecular weight is 408 g/mol. The van der Waals surface area contributed by atoms with Crippen molar-refractivity contribution in [3.63, 3.8) is 0 Å². The Morgan fingerprint density at radius 1 is 1.30 bits per heavy atom. The first-order chi connectivity index (χ1) is 14.6. The van der Waals surface area contributed by atoms with Crippen LogP contribution in [0.1, 0.15) is 36.0 Å². The number of carbonyl (C=O) groups excluding carboxylic acids is 1. The van der Waals surface area contributed by atoms with Crippen molar-refractivity contribution in [2.75, 3.05) is 20.2 Å². The Balaban J connectivity index is 1.40. The summed E-state index contributed by atoms with van der Waals surface area (Å²) < 4.78 is 12.6. The number of amides is 1. The molecule has 1 fully saturated rings. The van der Waals surface area contributed by atoms with Crippen LogP contribution < -0.4 is 10.4 Å². The van der Waals surface area contributed by atoms with Gasteiger partial charge in [0.15, 0.2) is 5.89 Å². The third-order valence-electron chi connectivity index (χ3n) is 5.30. The van der Waals surface area contributed by atoms with E-state index >= 15 is 0 Å². The molecule has 1 atom stereocenters. The van der Waals surface area contributed by atoms with Crippen molar-refractivity contribution in [3.05, 3.63) is 76.6 Å². The average Bonchev–Trinajstić information content (AvgIpc) is 3.24. The number of piperidine rings is 1. The number of carbonyl (C=O) groups is 1. The topological polar surface area (TPSA) is 90.5 Å². The Bertz CT molecular complexity index is 1070. The van der Waals surface area contributed by atoms with E-state index in [1.54, 1.807) is 30.5 Å². The van der Waals surface area contributed by atoms with Crippen LogP contribution in [0.3, 0.4) is 0 Å². The lowest BCUT2D eigenvalue weighted by Crippen LogP contribution is -2.42. The van der Waals surface area contributed by atoms with Crippen LogP contribution >= 0.6 is 0 Å². The minimum Gasteiger partial charge on any atom is -0.497 e. The molecule has 3 heterocycles. The van der Waals surface area contributed by atoms with Gasteiger partial charge in [-0.25, -0.2) is 14.8 Å². The van der Waals surface area contributed by atoms with Crippen LogP contribution in [0.2, 0.25) is 0 Å². The van der Waals surface area contributed by atoms with Crippen LogP contribution in [0.15, 0.2) is 58.1 Å². The van der Waals surface area contributed by atoms with E-state index in [0.717, 1.165) is 29.9 Å². The van der Waals surface area contributed by atoms with Crippen LogP contribution in [0.5, 0.6) is 5.75 Å². The number of hydrogen-bond donors (Lipinski definition) is 0. The first kappa shape index (κ1) is 19.9. The summed E-state index contributed by atoms with van der Waals surface area (Å²) in [5.74, 6) is 2.19. The second kappa shape index (κ2) is 8.94. The molecule has 8 nitrogen and oxygen atoms in total. The van der Waals surface area contributed by atoms with Gasteiger partial charge in [-0.15, -0.1) is 0 Å². The van der Waals surface area contributed by atoms with Crippen molar-refractivity contribution in [1.82, 2.24) is 19.4 Å². The molecule has 2 aromatic heterocycles. The van der Waals surface area contributed by atoms with Crippen LogP contribution in [-0.4, -0.2) is 45.5 Å². The predicted octanol–water partition coefficient (Wildman–Crippen LogP) is 2.24. The largest absolute Gasteiger partial charge is 0.497 e. The van der Waals surface area contributed by atoms with Crippen molar-refractivity contribution < 1.29 is 13.9 Å². The van der Waals surface area contributed by atoms with Gasteiger partial charge in [-0.1, -0.05) is 12.1 Å². The van der Waals surface area contributed by atoms with Crippen LogP contribution in [-0.2, 0) is 17.8 Å². The fourth-order valence-corrected chi connectivity index (χ4v) is 3.74. The van der Waals surface area contributed by atoms with E-state index in [1.165, 1.54) is 10.8 Å². The molecular formula is C22H24N4O4. The Hall–Kier alpha value is -3.42. The Labute approximate surface area is 174 Å². The summed E-state index contributed by atoms with van der Waals surface area (Å²) in [5, 5.41) is 0. The molecular weight excluding hydrogens is 384 g/mol. The molecule has 0 aliphatic carbocycles. The second-order valence-corrected chi connectivity index (χ2v) is 7.40. The molecule has 0 unspecified atom stereocenters. The molecule has 30 heavy (non-hydrogen) atoms. The lowest BCUT2D eigenvalue weighted by Gasteiger charge is -2.31. The van der Waals surface area contributed by atoms with E-state index in [2.05, 4.69) is 9.97 Å². The number of methoxy groups -OCH3 is 1. The molecule has 0 N–H and O–H groups in total. The third-order valence-corrected chi connectivity index (χ3v) is 5.30. The van der Waals surface area contributed by atoms with E-state index in [-0.39, 0.29) is 18.4 Å². The van der Waals surface area contributed by atoms with E-state index in [0.29, 0.717) is 25.4 Å². The number of rotatable bonds is 6. The van der Waals surface area contributed by atoms with Crippen LogP contribution in [0.4, 0.5) is 0 Å². The molecule has 1 aromatic carbocycles. The van der Waals surface area contributed by atoms with Gasteiger partial charge >= 0.3 is 5.69 Å². The van der Waals surface area contributed by atoms with Gasteiger partial charge in [0.2, 0.25) is 5.91 Å². The fourth-order valence-electron chi connectivity index (χ4n) is 3.74. The summed E-state index contributed by atoms with van der Waals surface area (Å²) in [7, 11) is 1.65. The number of benzene rings is 1. The molecule has 1 aliphatic rings. The summed E-state index contributed by atoms with van der Waals surface area (Å²) in [4.78, 5) is 34.4. The predicted molar refractivity (Wildman–Crippen MR) is 109 cm³/mol. The molecule has 3 aromatic rings. The molecule has 4 rings (SSSR count). The van der Waals surface area contributed by atoms with Crippen LogP contribution in [0, 0.1) is 0 Å². The summed E-state index contributed by atoms with van der Waals surface area (Å²) in [6.07, 6.45) is 7.16. The summed E-state index contributed by atoms with van der Waals surface area (Å²) in [6.45, 7) is 1.20. The molecule has 0 bridgehead atoms. The van der Waals surface area contributed by atoms with Gasteiger partial charge in [-0.3, -0.25) is 9.36 Å². The molecule has 0 saturated carbocycles. The van der Waals surface area contributed by atoms with Gasteiger partial charge < -0.3 is 14.1 Å². The maximum atomic E-state index is 12.7. The fraction of sp³-hybridized carbons (Fsp3) is 0.364. The standard InChI is InChI=1S/C22H24N4O4/c1-29-18-7-2-5-16(11-18)12-19-13-24-21(30-19)17-6-3-9-25(14-17)20(27)15-26-10-4-8-23-22(26)28/h2,4-5,7-8,10-11,13,17H,3,6,9,12,14-15H2,1H3/t17-/m1/s1. The molecule has 156 valence electrons. The second-order valence-electron chi connectivity index (χ2n) is 7.40. The van der Waals surface area contributed by atoms with Gasteiger partial charge in [0.05, 0.1) is 19.2 Å². The highest BCUT2D eigenvalue weighted by atomic mass is 16.5.